The van der Waals surface area contributed by atoms with E-state index in [4.69, 9.17) is 37.4 Å². The lowest BCUT2D eigenvalue weighted by Gasteiger charge is -2.34. The van der Waals surface area contributed by atoms with E-state index >= 15 is 0 Å². The van der Waals surface area contributed by atoms with Gasteiger partial charge in [0.2, 0.25) is 5.91 Å². The van der Waals surface area contributed by atoms with Crippen molar-refractivity contribution in [2.24, 2.45) is 0 Å². The molecule has 9 nitrogen and oxygen atoms in total. The normalized spacial score (nSPS) is 18.8. The molecular formula is C24H34Cl2N2O7. The Morgan fingerprint density at radius 2 is 1.89 bits per heavy atom. The van der Waals surface area contributed by atoms with E-state index in [1.165, 1.54) is 19.1 Å². The van der Waals surface area contributed by atoms with Gasteiger partial charge < -0.3 is 29.1 Å². The summed E-state index contributed by atoms with van der Waals surface area (Å²) >= 11 is 12.8. The first-order valence-electron chi connectivity index (χ1n) is 11.3. The zero-order valence-corrected chi connectivity index (χ0v) is 22.5. The lowest BCUT2D eigenvalue weighted by atomic mass is 9.95. The Labute approximate surface area is 216 Å². The molecule has 0 aromatic heterocycles. The van der Waals surface area contributed by atoms with Crippen LogP contribution in [0.25, 0.3) is 0 Å². The van der Waals surface area contributed by atoms with Crippen molar-refractivity contribution in [3.8, 4) is 5.75 Å². The topological polar surface area (TPSA) is 106 Å². The molecule has 196 valence electrons. The van der Waals surface area contributed by atoms with Gasteiger partial charge in [-0.15, -0.1) is 0 Å². The zero-order valence-electron chi connectivity index (χ0n) is 21.0. The fraction of sp³-hybridized carbons (Fsp3) is 0.625. The summed E-state index contributed by atoms with van der Waals surface area (Å²) in [6.07, 6.45) is -0.342. The van der Waals surface area contributed by atoms with Gasteiger partial charge in [0.1, 0.15) is 18.0 Å². The minimum Gasteiger partial charge on any atom is -0.496 e. The number of benzene rings is 1. The maximum absolute atomic E-state index is 13.2. The number of carbonyl (C=O) groups excluding carboxylic acids is 2. The Hall–Kier alpha value is -2.23. The van der Waals surface area contributed by atoms with Crippen molar-refractivity contribution in [2.75, 3.05) is 33.9 Å². The minimum atomic E-state index is -1.03. The monoisotopic (exact) mass is 532 g/mol. The molecule has 1 aliphatic heterocycles. The fourth-order valence-corrected chi connectivity index (χ4v) is 4.75. The van der Waals surface area contributed by atoms with Gasteiger partial charge in [0.15, 0.2) is 0 Å². The minimum absolute atomic E-state index is 0.104. The van der Waals surface area contributed by atoms with Crippen molar-refractivity contribution in [3.63, 3.8) is 0 Å². The van der Waals surface area contributed by atoms with Gasteiger partial charge in [-0.1, -0.05) is 23.2 Å². The highest BCUT2D eigenvalue weighted by Gasteiger charge is 2.42. The average molecular weight is 533 g/mol. The molecule has 0 bridgehead atoms. The molecular weight excluding hydrogens is 499 g/mol. The molecule has 1 aliphatic rings. The van der Waals surface area contributed by atoms with Crippen molar-refractivity contribution in [1.82, 2.24) is 9.80 Å². The molecule has 0 aliphatic carbocycles. The van der Waals surface area contributed by atoms with Crippen molar-refractivity contribution in [1.29, 1.82) is 0 Å². The number of hydrogen-bond acceptors (Lipinski definition) is 6. The number of methoxy groups -OCH3 is 2. The van der Waals surface area contributed by atoms with E-state index in [-0.39, 0.29) is 37.9 Å². The Morgan fingerprint density at radius 1 is 1.23 bits per heavy atom. The quantitative estimate of drug-likeness (QED) is 0.501. The second-order valence-corrected chi connectivity index (χ2v) is 10.4. The van der Waals surface area contributed by atoms with Crippen LogP contribution in [0.4, 0.5) is 4.79 Å². The summed E-state index contributed by atoms with van der Waals surface area (Å²) in [4.78, 5) is 40.3. The highest BCUT2D eigenvalue weighted by Crippen LogP contribution is 2.43. The van der Waals surface area contributed by atoms with Crippen LogP contribution >= 0.6 is 23.2 Å². The number of rotatable bonds is 9. The van der Waals surface area contributed by atoms with Gasteiger partial charge in [-0.25, -0.2) is 4.79 Å². The summed E-state index contributed by atoms with van der Waals surface area (Å²) in [6, 6.07) is 2.28. The molecule has 0 radical (unpaired) electrons. The number of ether oxygens (including phenoxy) is 3. The molecule has 1 aromatic carbocycles. The van der Waals surface area contributed by atoms with Crippen molar-refractivity contribution in [3.05, 3.63) is 27.7 Å². The summed E-state index contributed by atoms with van der Waals surface area (Å²) in [5, 5.41) is 9.99. The van der Waals surface area contributed by atoms with Crippen LogP contribution in [0.5, 0.6) is 5.75 Å². The van der Waals surface area contributed by atoms with E-state index in [9.17, 15) is 19.5 Å². The Kier molecular flexibility index (Phi) is 10.1. The molecule has 0 saturated carbocycles. The molecule has 1 heterocycles. The molecule has 1 saturated heterocycles. The average Bonchev–Trinajstić information content (AvgIpc) is 3.15. The van der Waals surface area contributed by atoms with Gasteiger partial charge in [-0.05, 0) is 46.2 Å². The Bertz CT molecular complexity index is 935. The molecule has 35 heavy (non-hydrogen) atoms. The largest absolute Gasteiger partial charge is 0.496 e. The van der Waals surface area contributed by atoms with E-state index in [2.05, 4.69) is 0 Å². The Balaban J connectivity index is 2.45. The first-order valence-corrected chi connectivity index (χ1v) is 12.1. The smallest absolute Gasteiger partial charge is 0.410 e. The fourth-order valence-electron chi connectivity index (χ4n) is 4.27. The van der Waals surface area contributed by atoms with Crippen LogP contribution < -0.4 is 4.74 Å². The van der Waals surface area contributed by atoms with Crippen LogP contribution in [0.1, 0.15) is 52.0 Å². The third kappa shape index (κ3) is 7.62. The van der Waals surface area contributed by atoms with Crippen molar-refractivity contribution >= 4 is 41.2 Å². The maximum atomic E-state index is 13.2. The second-order valence-electron chi connectivity index (χ2n) is 9.62. The van der Waals surface area contributed by atoms with Crippen molar-refractivity contribution < 1.29 is 33.7 Å². The summed E-state index contributed by atoms with van der Waals surface area (Å²) in [5.74, 6) is -1.10. The highest BCUT2D eigenvalue weighted by atomic mass is 35.5. The molecule has 1 fully saturated rings. The molecule has 1 unspecified atom stereocenters. The number of carboxylic acid groups (broad SMARTS) is 1. The van der Waals surface area contributed by atoms with Crippen LogP contribution in [0.15, 0.2) is 12.1 Å². The van der Waals surface area contributed by atoms with Crippen LogP contribution in [0.3, 0.4) is 0 Å². The third-order valence-corrected chi connectivity index (χ3v) is 6.58. The molecule has 1 N–H and O–H groups in total. The first kappa shape index (κ1) is 29.0. The highest BCUT2D eigenvalue weighted by molar-refractivity contribution is 6.42. The van der Waals surface area contributed by atoms with Gasteiger partial charge in [0.25, 0.3) is 0 Å². The van der Waals surface area contributed by atoms with Gasteiger partial charge in [-0.3, -0.25) is 9.59 Å². The number of aliphatic carboxylic acids is 1. The summed E-state index contributed by atoms with van der Waals surface area (Å²) < 4.78 is 16.2. The molecule has 11 heteroatoms. The van der Waals surface area contributed by atoms with Crippen LogP contribution in [-0.2, 0) is 19.1 Å². The molecule has 2 rings (SSSR count). The summed E-state index contributed by atoms with van der Waals surface area (Å²) in [7, 11) is 2.92. The number of likely N-dealkylation sites (tertiary alicyclic amines) is 1. The van der Waals surface area contributed by atoms with E-state index in [0.29, 0.717) is 27.8 Å². The summed E-state index contributed by atoms with van der Waals surface area (Å²) in [5.41, 5.74) is -0.0566. The second kappa shape index (κ2) is 12.1. The van der Waals surface area contributed by atoms with E-state index in [1.54, 1.807) is 44.7 Å². The third-order valence-electron chi connectivity index (χ3n) is 5.76. The first-order chi connectivity index (χ1) is 16.3. The van der Waals surface area contributed by atoms with Gasteiger partial charge in [0, 0.05) is 37.7 Å². The molecule has 0 spiro atoms. The number of carboxylic acids is 1. The predicted molar refractivity (Wildman–Crippen MR) is 132 cm³/mol. The lowest BCUT2D eigenvalue weighted by molar-refractivity contribution is -0.142. The van der Waals surface area contributed by atoms with Crippen LogP contribution in [-0.4, -0.2) is 84.5 Å². The number of carbonyl (C=O) groups is 3. The standard InChI is InChI=1S/C24H34Cl2N2O7/c1-14(9-20(30)31)27(19(29)13-33-5)12-16-10-15(11-28(16)23(32)35-24(2,3)4)21-18(34-6)8-7-17(25)22(21)26/h7-8,14-16H,9-13H2,1-6H3,(H,30,31)/t14?,15-,16-/m0/s1. The Morgan fingerprint density at radius 3 is 2.43 bits per heavy atom. The van der Waals surface area contributed by atoms with Crippen LogP contribution in [0.2, 0.25) is 10.0 Å². The number of hydrogen-bond donors (Lipinski definition) is 1. The zero-order chi connectivity index (χ0) is 26.5. The molecule has 2 amide bonds. The predicted octanol–water partition coefficient (Wildman–Crippen LogP) is 4.43. The van der Waals surface area contributed by atoms with Crippen LogP contribution in [0, 0.1) is 0 Å². The van der Waals surface area contributed by atoms with E-state index in [0.717, 1.165) is 0 Å². The lowest BCUT2D eigenvalue weighted by Crippen LogP contribution is -2.50. The van der Waals surface area contributed by atoms with E-state index < -0.39 is 29.7 Å². The van der Waals surface area contributed by atoms with Gasteiger partial charge >= 0.3 is 12.1 Å². The number of amides is 2. The van der Waals surface area contributed by atoms with E-state index in [1.807, 2.05) is 0 Å². The molecule has 3 atom stereocenters. The number of halogens is 2. The molecule has 1 aromatic rings. The summed E-state index contributed by atoms with van der Waals surface area (Å²) in [6.45, 7) is 7.13. The van der Waals surface area contributed by atoms with Gasteiger partial charge in [-0.2, -0.15) is 0 Å². The SMILES string of the molecule is COCC(=O)N(C[C@@H]1C[C@H](c2c(OC)ccc(Cl)c2Cl)CN1C(=O)OC(C)(C)C)C(C)CC(=O)O. The van der Waals surface area contributed by atoms with Gasteiger partial charge in [0.05, 0.1) is 29.6 Å². The maximum Gasteiger partial charge on any atom is 0.410 e. The van der Waals surface area contributed by atoms with Crippen molar-refractivity contribution in [2.45, 2.75) is 64.1 Å². The number of nitrogens with zero attached hydrogens (tertiary/aromatic N) is 2.